The summed E-state index contributed by atoms with van der Waals surface area (Å²) < 4.78 is 12.1. The van der Waals surface area contributed by atoms with E-state index in [1.54, 1.807) is 60.7 Å². The molecule has 63 heavy (non-hydrogen) atoms. The third-order valence-corrected chi connectivity index (χ3v) is 13.6. The third-order valence-electron chi connectivity index (χ3n) is 13.4. The van der Waals surface area contributed by atoms with Crippen LogP contribution >= 0.6 is 11.6 Å². The number of nitrogens with zero attached hydrogens (tertiary/aromatic N) is 3. The number of phenolic OH excluding ortho intramolecular Hbond substituents is 1. The zero-order valence-corrected chi connectivity index (χ0v) is 34.4. The lowest BCUT2D eigenvalue weighted by Crippen LogP contribution is -2.53. The maximum Gasteiger partial charge on any atom is 0.246 e. The molecule has 6 aromatic carbocycles. The van der Waals surface area contributed by atoms with Gasteiger partial charge in [-0.2, -0.15) is 0 Å². The minimum Gasteiger partial charge on any atom is -0.508 e. The van der Waals surface area contributed by atoms with Gasteiger partial charge in [-0.3, -0.25) is 24.1 Å². The first-order valence-electron chi connectivity index (χ1n) is 20.9. The largest absolute Gasteiger partial charge is 0.508 e. The molecular formula is C52H38ClN3O7. The van der Waals surface area contributed by atoms with Gasteiger partial charge < -0.3 is 14.3 Å². The van der Waals surface area contributed by atoms with Gasteiger partial charge in [-0.15, -0.1) is 0 Å². The van der Waals surface area contributed by atoms with Gasteiger partial charge in [0, 0.05) is 28.1 Å². The fourth-order valence-electron chi connectivity index (χ4n) is 10.7. The lowest BCUT2D eigenvalue weighted by molar-refractivity contribution is -0.127. The first kappa shape index (κ1) is 38.6. The Balaban J connectivity index is 1.02. The second-order valence-electron chi connectivity index (χ2n) is 16.6. The number of anilines is 2. The molecule has 0 bridgehead atoms. The van der Waals surface area contributed by atoms with E-state index in [0.29, 0.717) is 50.3 Å². The normalized spacial score (nSPS) is 24.0. The highest BCUT2D eigenvalue weighted by atomic mass is 35.5. The highest BCUT2D eigenvalue weighted by Gasteiger charge is 2.70. The molecule has 2 aliphatic heterocycles. The van der Waals surface area contributed by atoms with Crippen molar-refractivity contribution in [3.63, 3.8) is 0 Å². The molecule has 6 atom stereocenters. The average molecular weight is 852 g/mol. The molecule has 1 aromatic heterocycles. The lowest BCUT2D eigenvalue weighted by Gasteiger charge is -2.50. The topological polar surface area (TPSA) is 130 Å². The van der Waals surface area contributed by atoms with Crippen LogP contribution in [0.25, 0.3) is 22.6 Å². The van der Waals surface area contributed by atoms with Gasteiger partial charge in [0.1, 0.15) is 23.6 Å². The van der Waals surface area contributed by atoms with Crippen LogP contribution in [0.4, 0.5) is 11.4 Å². The maximum absolute atomic E-state index is 15.6. The van der Waals surface area contributed by atoms with Crippen LogP contribution in [0.2, 0.25) is 5.02 Å². The summed E-state index contributed by atoms with van der Waals surface area (Å²) in [6.07, 6.45) is 2.31. The first-order valence-corrected chi connectivity index (χ1v) is 21.3. The number of hydrogen-bond donors (Lipinski definition) is 1. The number of imide groups is 2. The van der Waals surface area contributed by atoms with Crippen LogP contribution < -0.4 is 14.5 Å². The Morgan fingerprint density at radius 3 is 2.22 bits per heavy atom. The van der Waals surface area contributed by atoms with Crippen LogP contribution in [0.5, 0.6) is 11.5 Å². The summed E-state index contributed by atoms with van der Waals surface area (Å²) in [6.45, 7) is 0.267. The van der Waals surface area contributed by atoms with Crippen molar-refractivity contribution in [2.45, 2.75) is 30.8 Å². The number of allylic oxidation sites excluding steroid dienone is 2. The average Bonchev–Trinajstić information content (AvgIpc) is 3.93. The van der Waals surface area contributed by atoms with Crippen LogP contribution in [0.3, 0.4) is 0 Å². The number of fused-ring (bicyclic) bond motifs is 5. The minimum absolute atomic E-state index is 0.114. The van der Waals surface area contributed by atoms with Gasteiger partial charge in [0.2, 0.25) is 29.5 Å². The second-order valence-corrected chi connectivity index (χ2v) is 17.1. The van der Waals surface area contributed by atoms with Crippen molar-refractivity contribution in [3.05, 3.63) is 185 Å². The number of hydrogen-bond acceptors (Lipinski definition) is 8. The lowest BCUT2D eigenvalue weighted by atomic mass is 9.49. The number of aromatic nitrogens is 1. The molecule has 310 valence electrons. The number of amides is 4. The van der Waals surface area contributed by atoms with E-state index in [2.05, 4.69) is 4.98 Å². The highest BCUT2D eigenvalue weighted by Crippen LogP contribution is 2.65. The van der Waals surface area contributed by atoms with Gasteiger partial charge >= 0.3 is 0 Å². The van der Waals surface area contributed by atoms with E-state index in [9.17, 15) is 14.7 Å². The van der Waals surface area contributed by atoms with E-state index in [1.165, 1.54) is 15.9 Å². The van der Waals surface area contributed by atoms with Crippen molar-refractivity contribution in [2.75, 3.05) is 9.80 Å². The quantitative estimate of drug-likeness (QED) is 0.118. The zero-order chi connectivity index (χ0) is 43.0. The summed E-state index contributed by atoms with van der Waals surface area (Å²) in [6, 6.07) is 45.0. The molecule has 11 rings (SSSR count). The summed E-state index contributed by atoms with van der Waals surface area (Å²) >= 11 is 6.47. The Labute approximate surface area is 367 Å². The van der Waals surface area contributed by atoms with E-state index in [0.717, 1.165) is 16.7 Å². The van der Waals surface area contributed by atoms with Crippen molar-refractivity contribution < 1.29 is 33.4 Å². The second kappa shape index (κ2) is 15.0. The molecule has 2 saturated heterocycles. The van der Waals surface area contributed by atoms with Crippen LogP contribution in [0, 0.1) is 23.7 Å². The number of halogens is 1. The van der Waals surface area contributed by atoms with E-state index in [4.69, 9.17) is 20.8 Å². The molecule has 1 saturated carbocycles. The Kier molecular flexibility index (Phi) is 9.17. The monoisotopic (exact) mass is 851 g/mol. The number of benzene rings is 6. The van der Waals surface area contributed by atoms with E-state index < -0.39 is 46.8 Å². The predicted molar refractivity (Wildman–Crippen MR) is 237 cm³/mol. The molecule has 7 aromatic rings. The molecular weight excluding hydrogens is 814 g/mol. The molecule has 1 N–H and O–H groups in total. The van der Waals surface area contributed by atoms with Gasteiger partial charge in [-0.1, -0.05) is 108 Å². The Morgan fingerprint density at radius 1 is 0.730 bits per heavy atom. The first-order chi connectivity index (χ1) is 30.7. The van der Waals surface area contributed by atoms with E-state index in [1.807, 2.05) is 91.0 Å². The van der Waals surface area contributed by atoms with Gasteiger partial charge in [0.15, 0.2) is 5.58 Å². The summed E-state index contributed by atoms with van der Waals surface area (Å²) in [5, 5.41) is 12.5. The third kappa shape index (κ3) is 6.03. The van der Waals surface area contributed by atoms with Gasteiger partial charge in [0.05, 0.1) is 34.5 Å². The molecule has 2 aliphatic carbocycles. The Morgan fingerprint density at radius 2 is 1.48 bits per heavy atom. The van der Waals surface area contributed by atoms with E-state index in [-0.39, 0.29) is 37.0 Å². The molecule has 0 spiro atoms. The Hall–Kier alpha value is -7.30. The molecule has 11 heteroatoms. The van der Waals surface area contributed by atoms with Gasteiger partial charge in [-0.05, 0) is 90.6 Å². The molecule has 3 heterocycles. The molecule has 4 amide bonds. The minimum atomic E-state index is -1.55. The highest BCUT2D eigenvalue weighted by molar-refractivity contribution is 6.32. The van der Waals surface area contributed by atoms with Gasteiger partial charge in [-0.25, -0.2) is 9.88 Å². The summed E-state index contributed by atoms with van der Waals surface area (Å²) in [5.74, 6) is -4.96. The maximum atomic E-state index is 15.6. The van der Waals surface area contributed by atoms with Crippen LogP contribution in [-0.4, -0.2) is 33.7 Å². The van der Waals surface area contributed by atoms with Crippen molar-refractivity contribution in [1.29, 1.82) is 0 Å². The zero-order valence-electron chi connectivity index (χ0n) is 33.6. The van der Waals surface area contributed by atoms with Crippen LogP contribution in [-0.2, 0) is 31.2 Å². The fraction of sp³-hybridized carbons (Fsp3) is 0.173. The van der Waals surface area contributed by atoms with Crippen molar-refractivity contribution in [3.8, 4) is 23.0 Å². The van der Waals surface area contributed by atoms with Gasteiger partial charge in [0.25, 0.3) is 0 Å². The fourth-order valence-corrected chi connectivity index (χ4v) is 10.9. The summed E-state index contributed by atoms with van der Waals surface area (Å²) in [4.78, 5) is 67.3. The molecule has 0 unspecified atom stereocenters. The van der Waals surface area contributed by atoms with Crippen molar-refractivity contribution in [2.24, 2.45) is 23.7 Å². The number of aromatic hydroxyl groups is 1. The molecule has 4 aliphatic rings. The number of carbonyl (C=O) groups excluding carboxylic acids is 4. The van der Waals surface area contributed by atoms with Crippen molar-refractivity contribution >= 4 is 57.7 Å². The number of para-hydroxylation sites is 2. The number of ether oxygens (including phenoxy) is 1. The smallest absolute Gasteiger partial charge is 0.246 e. The predicted octanol–water partition coefficient (Wildman–Crippen LogP) is 9.80. The molecule has 3 fully saturated rings. The van der Waals surface area contributed by atoms with Crippen LogP contribution in [0.1, 0.15) is 35.4 Å². The summed E-state index contributed by atoms with van der Waals surface area (Å²) in [7, 11) is 0. The molecule has 10 nitrogen and oxygen atoms in total. The standard InChI is InChI=1S/C52H38ClN3O7/c53-33-14-9-15-35(26-33)56-49(59)41-28-40-37(24-25-39-45(40)50(60)55(48(39)58)34-20-18-31(19-21-34)47-54-42-16-7-8-17-44(42)63-47)46(52(41,51(56)61)32-12-5-2-6-13-32)38-23-22-36(27-43(38)57)62-29-30-10-3-1-4-11-30/h1-24,26-27,39-41,45-46,57H,25,28-29H2/t39-,40+,41-,45-,46+,52+/m0/s1. The van der Waals surface area contributed by atoms with Crippen LogP contribution in [0.15, 0.2) is 168 Å². The number of carbonyl (C=O) groups is 4. The Bertz CT molecular complexity index is 2990. The summed E-state index contributed by atoms with van der Waals surface area (Å²) in [5.41, 5.74) is 3.92. The van der Waals surface area contributed by atoms with Crippen molar-refractivity contribution in [1.82, 2.24) is 4.98 Å². The SMILES string of the molecule is O=C1[C@H]2[C@H](CC=C3[C@H]2C[C@H]2C(=O)N(c4cccc(Cl)c4)C(=O)[C@@]2(c2ccccc2)[C@H]3c2ccc(OCc3ccccc3)cc2O)C(=O)N1c1ccc(-c2nc3ccccc3o2)cc1. The number of rotatable bonds is 8. The number of phenols is 1. The van der Waals surface area contributed by atoms with E-state index >= 15 is 9.59 Å². The number of oxazole rings is 1. The molecule has 0 radical (unpaired) electrons.